The molecule has 2 N–H and O–H groups in total. The molecule has 0 bridgehead atoms. The van der Waals surface area contributed by atoms with Gasteiger partial charge in [-0.2, -0.15) is 11.8 Å². The summed E-state index contributed by atoms with van der Waals surface area (Å²) in [5.41, 5.74) is 3.91. The van der Waals surface area contributed by atoms with Gasteiger partial charge in [-0.15, -0.1) is 0 Å². The highest BCUT2D eigenvalue weighted by Crippen LogP contribution is 2.28. The van der Waals surface area contributed by atoms with Crippen LogP contribution in [0.4, 0.5) is 0 Å². The lowest BCUT2D eigenvalue weighted by Gasteiger charge is -2.31. The molecule has 7 heteroatoms. The van der Waals surface area contributed by atoms with E-state index in [0.717, 1.165) is 23.1 Å². The molecule has 2 aromatic carbocycles. The molecular formula is C24H27N3O3S. The van der Waals surface area contributed by atoms with Crippen LogP contribution in [0.25, 0.3) is 10.9 Å². The largest absolute Gasteiger partial charge is 0.496 e. The number of carbonyl (C=O) groups is 2. The summed E-state index contributed by atoms with van der Waals surface area (Å²) in [6, 6.07) is 14.7. The Bertz CT molecular complexity index is 1090. The van der Waals surface area contributed by atoms with Gasteiger partial charge in [0, 0.05) is 41.7 Å². The summed E-state index contributed by atoms with van der Waals surface area (Å²) in [5.74, 6) is 0.960. The fourth-order valence-corrected chi connectivity index (χ4v) is 4.61. The van der Waals surface area contributed by atoms with Gasteiger partial charge in [0.25, 0.3) is 5.91 Å². The zero-order valence-corrected chi connectivity index (χ0v) is 18.6. The average molecular weight is 438 g/mol. The Morgan fingerprint density at radius 3 is 2.77 bits per heavy atom. The molecule has 2 amide bonds. The topological polar surface area (TPSA) is 74.4 Å². The van der Waals surface area contributed by atoms with Gasteiger partial charge in [0.15, 0.2) is 0 Å². The number of hydrogen-bond acceptors (Lipinski definition) is 4. The molecule has 2 heterocycles. The molecule has 6 nitrogen and oxygen atoms in total. The van der Waals surface area contributed by atoms with Gasteiger partial charge in [-0.25, -0.2) is 0 Å². The van der Waals surface area contributed by atoms with Gasteiger partial charge in [-0.1, -0.05) is 30.3 Å². The number of nitrogens with zero attached hydrogens (tertiary/aromatic N) is 1. The number of rotatable bonds is 7. The molecule has 1 atom stereocenters. The highest BCUT2D eigenvalue weighted by Gasteiger charge is 2.30. The maximum Gasteiger partial charge on any atom is 0.255 e. The third-order valence-electron chi connectivity index (χ3n) is 5.76. The van der Waals surface area contributed by atoms with Crippen LogP contribution in [0.2, 0.25) is 0 Å². The first-order valence-electron chi connectivity index (χ1n) is 10.4. The minimum atomic E-state index is -0.573. The number of benzene rings is 2. The summed E-state index contributed by atoms with van der Waals surface area (Å²) in [7, 11) is 1.54. The van der Waals surface area contributed by atoms with E-state index in [-0.39, 0.29) is 11.8 Å². The number of thioether (sulfide) groups is 1. The van der Waals surface area contributed by atoms with E-state index in [1.54, 1.807) is 30.0 Å². The van der Waals surface area contributed by atoms with Crippen molar-refractivity contribution in [1.29, 1.82) is 0 Å². The summed E-state index contributed by atoms with van der Waals surface area (Å²) in [6.07, 6.45) is 3.37. The zero-order valence-electron chi connectivity index (χ0n) is 17.8. The van der Waals surface area contributed by atoms with Crippen molar-refractivity contribution in [2.45, 2.75) is 25.4 Å². The lowest BCUT2D eigenvalue weighted by atomic mass is 10.0. The molecule has 0 fully saturated rings. The molecular weight excluding hydrogens is 410 g/mol. The number of hydrogen-bond donors (Lipinski definition) is 2. The number of para-hydroxylation sites is 2. The van der Waals surface area contributed by atoms with Gasteiger partial charge in [0.2, 0.25) is 5.91 Å². The van der Waals surface area contributed by atoms with Crippen LogP contribution >= 0.6 is 11.8 Å². The van der Waals surface area contributed by atoms with Gasteiger partial charge in [0.1, 0.15) is 11.8 Å². The Kier molecular flexibility index (Phi) is 6.51. The predicted octanol–water partition coefficient (Wildman–Crippen LogP) is 3.61. The standard InChI is InChI=1S/C24H27N3O3S/c1-30-22-10-6-4-8-17(22)23(28)26-21(12-14-31-2)24(29)27-13-11-20-18(15-27)16-7-3-5-9-19(16)25-20/h3-10,21,25H,11-15H2,1-2H3,(H,26,28)/t21-/m1/s1. The van der Waals surface area contributed by atoms with E-state index < -0.39 is 6.04 Å². The summed E-state index contributed by atoms with van der Waals surface area (Å²) < 4.78 is 5.31. The van der Waals surface area contributed by atoms with Crippen LogP contribution in [0, 0.1) is 0 Å². The van der Waals surface area contributed by atoms with Crippen molar-refractivity contribution >= 4 is 34.5 Å². The van der Waals surface area contributed by atoms with Crippen molar-refractivity contribution in [1.82, 2.24) is 15.2 Å². The number of fused-ring (bicyclic) bond motifs is 3. The van der Waals surface area contributed by atoms with E-state index >= 15 is 0 Å². The number of aromatic nitrogens is 1. The smallest absolute Gasteiger partial charge is 0.255 e. The Morgan fingerprint density at radius 2 is 1.97 bits per heavy atom. The van der Waals surface area contributed by atoms with Crippen LogP contribution in [-0.2, 0) is 17.8 Å². The van der Waals surface area contributed by atoms with Gasteiger partial charge >= 0.3 is 0 Å². The molecule has 31 heavy (non-hydrogen) atoms. The summed E-state index contributed by atoms with van der Waals surface area (Å²) in [5, 5.41) is 4.12. The van der Waals surface area contributed by atoms with E-state index in [1.807, 2.05) is 29.4 Å². The minimum Gasteiger partial charge on any atom is -0.496 e. The van der Waals surface area contributed by atoms with Crippen LogP contribution in [0.3, 0.4) is 0 Å². The van der Waals surface area contributed by atoms with Crippen molar-refractivity contribution in [2.24, 2.45) is 0 Å². The molecule has 3 aromatic rings. The van der Waals surface area contributed by atoms with E-state index in [1.165, 1.54) is 18.4 Å². The normalized spacial score (nSPS) is 14.2. The van der Waals surface area contributed by atoms with Crippen molar-refractivity contribution in [3.63, 3.8) is 0 Å². The van der Waals surface area contributed by atoms with Crippen LogP contribution < -0.4 is 10.1 Å². The summed E-state index contributed by atoms with van der Waals surface area (Å²) in [6.45, 7) is 1.19. The molecule has 0 radical (unpaired) electrons. The Labute approximate surface area is 186 Å². The van der Waals surface area contributed by atoms with Crippen molar-refractivity contribution in [3.05, 3.63) is 65.4 Å². The number of carbonyl (C=O) groups excluding carboxylic acids is 2. The summed E-state index contributed by atoms with van der Waals surface area (Å²) >= 11 is 1.66. The van der Waals surface area contributed by atoms with Crippen molar-refractivity contribution in [3.8, 4) is 5.75 Å². The highest BCUT2D eigenvalue weighted by molar-refractivity contribution is 7.98. The Morgan fingerprint density at radius 1 is 1.19 bits per heavy atom. The lowest BCUT2D eigenvalue weighted by Crippen LogP contribution is -2.50. The fourth-order valence-electron chi connectivity index (χ4n) is 4.14. The zero-order chi connectivity index (χ0) is 21.8. The van der Waals surface area contributed by atoms with Crippen LogP contribution in [-0.4, -0.2) is 53.4 Å². The van der Waals surface area contributed by atoms with Gasteiger partial charge < -0.3 is 19.9 Å². The van der Waals surface area contributed by atoms with E-state index in [2.05, 4.69) is 22.4 Å². The van der Waals surface area contributed by atoms with Crippen LogP contribution in [0.5, 0.6) is 5.75 Å². The fraction of sp³-hybridized carbons (Fsp3) is 0.333. The Balaban J connectivity index is 1.54. The first-order chi connectivity index (χ1) is 15.1. The van der Waals surface area contributed by atoms with E-state index in [9.17, 15) is 9.59 Å². The second-order valence-electron chi connectivity index (χ2n) is 7.65. The number of ether oxygens (including phenoxy) is 1. The highest BCUT2D eigenvalue weighted by atomic mass is 32.2. The minimum absolute atomic E-state index is 0.0340. The van der Waals surface area contributed by atoms with Crippen molar-refractivity contribution in [2.75, 3.05) is 25.7 Å². The van der Waals surface area contributed by atoms with Crippen LogP contribution in [0.1, 0.15) is 28.0 Å². The number of amides is 2. The molecule has 1 aromatic heterocycles. The first kappa shape index (κ1) is 21.3. The molecule has 0 unspecified atom stereocenters. The Hall–Kier alpha value is -2.93. The molecule has 0 spiro atoms. The molecule has 0 saturated heterocycles. The number of nitrogens with one attached hydrogen (secondary N) is 2. The molecule has 1 aliphatic heterocycles. The quantitative estimate of drug-likeness (QED) is 0.592. The lowest BCUT2D eigenvalue weighted by molar-refractivity contribution is -0.134. The third-order valence-corrected chi connectivity index (χ3v) is 6.40. The third kappa shape index (κ3) is 4.42. The SMILES string of the molecule is COc1ccccc1C(=O)N[C@H](CCSC)C(=O)N1CCc2[nH]c3ccccc3c2C1. The first-order valence-corrected chi connectivity index (χ1v) is 11.8. The van der Waals surface area contributed by atoms with Gasteiger partial charge in [0.05, 0.1) is 12.7 Å². The van der Waals surface area contributed by atoms with E-state index in [4.69, 9.17) is 4.74 Å². The molecule has 1 aliphatic rings. The molecule has 0 saturated carbocycles. The summed E-state index contributed by atoms with van der Waals surface area (Å²) in [4.78, 5) is 31.7. The number of H-pyrrole nitrogens is 1. The second kappa shape index (κ2) is 9.47. The van der Waals surface area contributed by atoms with Crippen LogP contribution in [0.15, 0.2) is 48.5 Å². The number of methoxy groups -OCH3 is 1. The van der Waals surface area contributed by atoms with Gasteiger partial charge in [-0.3, -0.25) is 9.59 Å². The molecule has 4 rings (SSSR count). The van der Waals surface area contributed by atoms with Gasteiger partial charge in [-0.05, 0) is 36.6 Å². The predicted molar refractivity (Wildman–Crippen MR) is 125 cm³/mol. The maximum atomic E-state index is 13.5. The van der Waals surface area contributed by atoms with E-state index in [0.29, 0.717) is 30.8 Å². The monoisotopic (exact) mass is 437 g/mol. The van der Waals surface area contributed by atoms with Crippen molar-refractivity contribution < 1.29 is 14.3 Å². The second-order valence-corrected chi connectivity index (χ2v) is 8.63. The average Bonchev–Trinajstić information content (AvgIpc) is 3.19. The maximum absolute atomic E-state index is 13.5. The molecule has 162 valence electrons. The molecule has 0 aliphatic carbocycles. The number of aromatic amines is 1.